The number of unbranched alkanes of at least 4 members (excludes halogenated alkanes) is 10. The summed E-state index contributed by atoms with van der Waals surface area (Å²) in [4.78, 5) is 11.6. The molecule has 0 unspecified atom stereocenters. The third-order valence-electron chi connectivity index (χ3n) is 8.37. The Hall–Kier alpha value is -3.14. The van der Waals surface area contributed by atoms with Crippen molar-refractivity contribution in [3.05, 3.63) is 115 Å². The topological polar surface area (TPSA) is 55.8 Å². The van der Waals surface area contributed by atoms with E-state index in [-0.39, 0.29) is 28.3 Å². The molecule has 4 aromatic rings. The van der Waals surface area contributed by atoms with Gasteiger partial charge in [-0.25, -0.2) is 4.79 Å². The lowest BCUT2D eigenvalue weighted by molar-refractivity contribution is -0.0000258. The standard InChI is InChI=1S/C39H47O4P.BrH/c1-42-39(41)37-29-28-33(32-38(37)40)43-30-20-9-7-5-3-2-4-6-8-10-21-31-44(34-22-14-11-15-23-34,35-24-16-12-17-25-35)36-26-18-13-19-27-36;/h11-19,22-29,32H,2-10,20-21,30-31H2,1H3;1H. The third kappa shape index (κ3) is 10.7. The van der Waals surface area contributed by atoms with Gasteiger partial charge in [0, 0.05) is 6.07 Å². The zero-order valence-electron chi connectivity index (χ0n) is 26.6. The quantitative estimate of drug-likeness (QED) is 0.0763. The maximum atomic E-state index is 11.6. The molecule has 0 saturated carbocycles. The Balaban J connectivity index is 0.00000552. The highest BCUT2D eigenvalue weighted by Crippen LogP contribution is 2.56. The molecule has 0 aliphatic heterocycles. The van der Waals surface area contributed by atoms with Crippen LogP contribution in [0.2, 0.25) is 0 Å². The van der Waals surface area contributed by atoms with Crippen LogP contribution in [0, 0.1) is 0 Å². The van der Waals surface area contributed by atoms with E-state index < -0.39 is 13.2 Å². The molecular formula is C39H48BrO4P. The molecule has 0 fully saturated rings. The number of methoxy groups -OCH3 is 1. The second-order valence-electron chi connectivity index (χ2n) is 11.4. The maximum Gasteiger partial charge on any atom is 0.341 e. The van der Waals surface area contributed by atoms with Gasteiger partial charge in [0.2, 0.25) is 0 Å². The minimum Gasteiger partial charge on any atom is -1.00 e. The largest absolute Gasteiger partial charge is 1.00 e. The van der Waals surface area contributed by atoms with Crippen LogP contribution in [0.25, 0.3) is 0 Å². The number of esters is 1. The Kier molecular flexibility index (Phi) is 16.2. The first-order chi connectivity index (χ1) is 21.6. The first kappa shape index (κ1) is 36.3. The molecule has 4 aromatic carbocycles. The normalized spacial score (nSPS) is 11.0. The van der Waals surface area contributed by atoms with Crippen LogP contribution in [0.5, 0.6) is 11.5 Å². The monoisotopic (exact) mass is 690 g/mol. The molecule has 1 N–H and O–H groups in total. The Bertz CT molecular complexity index is 1290. The van der Waals surface area contributed by atoms with Crippen LogP contribution in [0.3, 0.4) is 0 Å². The number of benzene rings is 4. The number of halogens is 1. The molecule has 0 heterocycles. The molecule has 0 atom stereocenters. The molecule has 45 heavy (non-hydrogen) atoms. The number of phenols is 1. The maximum absolute atomic E-state index is 11.6. The van der Waals surface area contributed by atoms with E-state index in [2.05, 4.69) is 95.7 Å². The molecule has 6 heteroatoms. The third-order valence-corrected chi connectivity index (χ3v) is 12.9. The SMILES string of the molecule is COC(=O)c1ccc(OCCCCCCCCCCCCC[P+](c2ccccc2)(c2ccccc2)c2ccccc2)cc1O.[Br-]. The summed E-state index contributed by atoms with van der Waals surface area (Å²) >= 11 is 0. The predicted molar refractivity (Wildman–Crippen MR) is 186 cm³/mol. The van der Waals surface area contributed by atoms with Crippen LogP contribution in [0.1, 0.15) is 81.0 Å². The number of hydrogen-bond acceptors (Lipinski definition) is 4. The molecular weight excluding hydrogens is 643 g/mol. The lowest BCUT2D eigenvalue weighted by Crippen LogP contribution is -3.00. The number of phenolic OH excluding ortho intramolecular Hbond substituents is 1. The molecule has 0 aliphatic rings. The van der Waals surface area contributed by atoms with Gasteiger partial charge in [-0.15, -0.1) is 0 Å². The van der Waals surface area contributed by atoms with Gasteiger partial charge in [0.25, 0.3) is 0 Å². The van der Waals surface area contributed by atoms with Crippen LogP contribution in [-0.2, 0) is 4.74 Å². The summed E-state index contributed by atoms with van der Waals surface area (Å²) in [5.41, 5.74) is 0.150. The molecule has 4 nitrogen and oxygen atoms in total. The number of carbonyl (C=O) groups excluding carboxylic acids is 1. The number of rotatable bonds is 19. The van der Waals surface area contributed by atoms with E-state index in [1.807, 2.05) is 0 Å². The van der Waals surface area contributed by atoms with Crippen LogP contribution in [0.4, 0.5) is 0 Å². The van der Waals surface area contributed by atoms with Gasteiger partial charge < -0.3 is 31.6 Å². The number of hydrogen-bond donors (Lipinski definition) is 1. The van der Waals surface area contributed by atoms with E-state index in [9.17, 15) is 9.90 Å². The van der Waals surface area contributed by atoms with E-state index in [0.29, 0.717) is 12.4 Å². The fourth-order valence-electron chi connectivity index (χ4n) is 6.00. The van der Waals surface area contributed by atoms with Crippen LogP contribution in [0.15, 0.2) is 109 Å². The van der Waals surface area contributed by atoms with Crippen molar-refractivity contribution in [2.24, 2.45) is 0 Å². The molecule has 0 radical (unpaired) electrons. The van der Waals surface area contributed by atoms with Crippen molar-refractivity contribution < 1.29 is 36.4 Å². The highest BCUT2D eigenvalue weighted by Gasteiger charge is 2.44. The van der Waals surface area contributed by atoms with E-state index >= 15 is 0 Å². The van der Waals surface area contributed by atoms with Gasteiger partial charge in [-0.05, 0) is 67.8 Å². The Morgan fingerprint density at radius 3 is 1.44 bits per heavy atom. The highest BCUT2D eigenvalue weighted by molar-refractivity contribution is 7.95. The van der Waals surface area contributed by atoms with Crippen molar-refractivity contribution in [1.82, 2.24) is 0 Å². The second kappa shape index (κ2) is 20.1. The van der Waals surface area contributed by atoms with Crippen molar-refractivity contribution in [3.63, 3.8) is 0 Å². The molecule has 0 aromatic heterocycles. The molecule has 0 bridgehead atoms. The van der Waals surface area contributed by atoms with Crippen molar-refractivity contribution in [2.75, 3.05) is 19.9 Å². The van der Waals surface area contributed by atoms with Gasteiger partial charge in [-0.3, -0.25) is 0 Å². The first-order valence-corrected chi connectivity index (χ1v) is 18.2. The number of carbonyl (C=O) groups is 1. The molecule has 0 spiro atoms. The summed E-state index contributed by atoms with van der Waals surface area (Å²) in [5.74, 6) is -0.0961. The van der Waals surface area contributed by atoms with Crippen molar-refractivity contribution in [3.8, 4) is 11.5 Å². The van der Waals surface area contributed by atoms with E-state index in [0.717, 1.165) is 12.8 Å². The average Bonchev–Trinajstić information content (AvgIpc) is 3.07. The fraction of sp³-hybridized carbons (Fsp3) is 0.359. The molecule has 240 valence electrons. The Morgan fingerprint density at radius 1 is 0.600 bits per heavy atom. The minimum atomic E-state index is -1.70. The number of ether oxygens (including phenoxy) is 2. The summed E-state index contributed by atoms with van der Waals surface area (Å²) in [6.07, 6.45) is 15.0. The first-order valence-electron chi connectivity index (χ1n) is 16.2. The fourth-order valence-corrected chi connectivity index (χ4v) is 10.4. The van der Waals surface area contributed by atoms with Gasteiger partial charge in [-0.2, -0.15) is 0 Å². The highest BCUT2D eigenvalue weighted by atomic mass is 79.9. The van der Waals surface area contributed by atoms with E-state index in [1.165, 1.54) is 99.1 Å². The lowest BCUT2D eigenvalue weighted by atomic mass is 10.1. The van der Waals surface area contributed by atoms with E-state index in [1.54, 1.807) is 6.07 Å². The van der Waals surface area contributed by atoms with Gasteiger partial charge >= 0.3 is 5.97 Å². The smallest absolute Gasteiger partial charge is 0.341 e. The second-order valence-corrected chi connectivity index (χ2v) is 15.1. The summed E-state index contributed by atoms with van der Waals surface area (Å²) in [5, 5.41) is 14.4. The summed E-state index contributed by atoms with van der Waals surface area (Å²) in [7, 11) is -0.404. The summed E-state index contributed by atoms with van der Waals surface area (Å²) in [6.45, 7) is 0.611. The average molecular weight is 692 g/mol. The predicted octanol–water partition coefficient (Wildman–Crippen LogP) is 5.85. The van der Waals surface area contributed by atoms with Crippen LogP contribution < -0.4 is 37.6 Å². The van der Waals surface area contributed by atoms with Crippen molar-refractivity contribution in [1.29, 1.82) is 0 Å². The van der Waals surface area contributed by atoms with Crippen LogP contribution >= 0.6 is 7.26 Å². The van der Waals surface area contributed by atoms with Gasteiger partial charge in [0.15, 0.2) is 0 Å². The number of aromatic hydroxyl groups is 1. The van der Waals surface area contributed by atoms with Crippen LogP contribution in [-0.4, -0.2) is 31.0 Å². The molecule has 4 rings (SSSR count). The minimum absolute atomic E-state index is 0. The Labute approximate surface area is 281 Å². The van der Waals surface area contributed by atoms with Gasteiger partial charge in [0.05, 0.1) is 19.9 Å². The zero-order valence-corrected chi connectivity index (χ0v) is 29.1. The summed E-state index contributed by atoms with van der Waals surface area (Å²) < 4.78 is 10.4. The van der Waals surface area contributed by atoms with Gasteiger partial charge in [0.1, 0.15) is 40.2 Å². The molecule has 0 amide bonds. The molecule has 0 aliphatic carbocycles. The molecule has 0 saturated heterocycles. The van der Waals surface area contributed by atoms with E-state index in [4.69, 9.17) is 4.74 Å². The summed E-state index contributed by atoms with van der Waals surface area (Å²) in [6, 6.07) is 38.4. The van der Waals surface area contributed by atoms with Crippen molar-refractivity contribution in [2.45, 2.75) is 70.6 Å². The lowest BCUT2D eigenvalue weighted by Gasteiger charge is -2.27. The Morgan fingerprint density at radius 2 is 1.02 bits per heavy atom. The van der Waals surface area contributed by atoms with Crippen molar-refractivity contribution >= 4 is 29.1 Å². The van der Waals surface area contributed by atoms with Gasteiger partial charge in [-0.1, -0.05) is 106 Å². The zero-order chi connectivity index (χ0) is 30.9.